The standard InChI is InChI=1S/C12H13NO2/c1-8-2-4-9(5-3-8)11(14)6-10-7-12(15)13-10/h2-5,10H,6-7H2,1H3,(H,13,15). The molecule has 78 valence electrons. The van der Waals surface area contributed by atoms with Crippen LogP contribution in [0.2, 0.25) is 0 Å². The minimum absolute atomic E-state index is 0.0386. The quantitative estimate of drug-likeness (QED) is 0.597. The highest BCUT2D eigenvalue weighted by atomic mass is 16.2. The zero-order valence-corrected chi connectivity index (χ0v) is 8.62. The Morgan fingerprint density at radius 2 is 2.00 bits per heavy atom. The van der Waals surface area contributed by atoms with Gasteiger partial charge in [0.05, 0.1) is 0 Å². The number of carbonyl (C=O) groups excluding carboxylic acids is 2. The number of amides is 1. The molecule has 1 atom stereocenters. The second kappa shape index (κ2) is 3.85. The summed E-state index contributed by atoms with van der Waals surface area (Å²) in [7, 11) is 0. The normalized spacial score (nSPS) is 19.3. The summed E-state index contributed by atoms with van der Waals surface area (Å²) in [4.78, 5) is 22.4. The highest BCUT2D eigenvalue weighted by Crippen LogP contribution is 2.13. The predicted molar refractivity (Wildman–Crippen MR) is 56.7 cm³/mol. The highest BCUT2D eigenvalue weighted by Gasteiger charge is 2.27. The first kappa shape index (κ1) is 9.90. The van der Waals surface area contributed by atoms with Crippen molar-refractivity contribution in [3.8, 4) is 0 Å². The number of carbonyl (C=O) groups is 2. The molecule has 1 saturated heterocycles. The van der Waals surface area contributed by atoms with E-state index >= 15 is 0 Å². The van der Waals surface area contributed by atoms with Crippen molar-refractivity contribution in [2.24, 2.45) is 0 Å². The van der Waals surface area contributed by atoms with Gasteiger partial charge in [0.1, 0.15) is 0 Å². The van der Waals surface area contributed by atoms with Crippen molar-refractivity contribution in [1.82, 2.24) is 5.32 Å². The number of aryl methyl sites for hydroxylation is 1. The van der Waals surface area contributed by atoms with E-state index in [1.54, 1.807) is 0 Å². The van der Waals surface area contributed by atoms with Crippen LogP contribution < -0.4 is 5.32 Å². The van der Waals surface area contributed by atoms with Crippen LogP contribution in [0.4, 0.5) is 0 Å². The molecule has 3 heteroatoms. The molecule has 0 bridgehead atoms. The van der Waals surface area contributed by atoms with Gasteiger partial charge in [-0.05, 0) is 6.92 Å². The van der Waals surface area contributed by atoms with Crippen LogP contribution in [-0.2, 0) is 4.79 Å². The molecule has 0 aromatic heterocycles. The maximum Gasteiger partial charge on any atom is 0.222 e. The van der Waals surface area contributed by atoms with E-state index in [2.05, 4.69) is 5.32 Å². The van der Waals surface area contributed by atoms with E-state index in [9.17, 15) is 9.59 Å². The van der Waals surface area contributed by atoms with Crippen molar-refractivity contribution < 1.29 is 9.59 Å². The van der Waals surface area contributed by atoms with Gasteiger partial charge in [0.2, 0.25) is 5.91 Å². The minimum Gasteiger partial charge on any atom is -0.352 e. The number of ketones is 1. The summed E-state index contributed by atoms with van der Waals surface area (Å²) < 4.78 is 0. The van der Waals surface area contributed by atoms with Gasteiger partial charge in [0.15, 0.2) is 5.78 Å². The first-order valence-electron chi connectivity index (χ1n) is 5.04. The summed E-state index contributed by atoms with van der Waals surface area (Å²) in [6.45, 7) is 1.99. The number of benzene rings is 1. The highest BCUT2D eigenvalue weighted by molar-refractivity contribution is 5.98. The van der Waals surface area contributed by atoms with E-state index < -0.39 is 0 Å². The Hall–Kier alpha value is -1.64. The third-order valence-corrected chi connectivity index (χ3v) is 2.60. The molecule has 0 saturated carbocycles. The molecule has 1 aliphatic rings. The SMILES string of the molecule is Cc1ccc(C(=O)CC2CC(=O)N2)cc1. The Balaban J connectivity index is 1.96. The number of β-lactam (4-membered cyclic amide) rings is 1. The smallest absolute Gasteiger partial charge is 0.222 e. The van der Waals surface area contributed by atoms with Gasteiger partial charge in [-0.15, -0.1) is 0 Å². The third-order valence-electron chi connectivity index (χ3n) is 2.60. The molecule has 1 aromatic rings. The lowest BCUT2D eigenvalue weighted by Gasteiger charge is -2.26. The monoisotopic (exact) mass is 203 g/mol. The van der Waals surface area contributed by atoms with E-state index in [1.807, 2.05) is 31.2 Å². The fourth-order valence-electron chi connectivity index (χ4n) is 1.63. The topological polar surface area (TPSA) is 46.2 Å². The number of nitrogens with one attached hydrogen (secondary N) is 1. The van der Waals surface area contributed by atoms with Gasteiger partial charge < -0.3 is 5.32 Å². The van der Waals surface area contributed by atoms with Crippen LogP contribution in [-0.4, -0.2) is 17.7 Å². The Morgan fingerprint density at radius 3 is 2.53 bits per heavy atom. The second-order valence-corrected chi connectivity index (χ2v) is 3.96. The lowest BCUT2D eigenvalue weighted by molar-refractivity contribution is -0.127. The van der Waals surface area contributed by atoms with Crippen LogP contribution >= 0.6 is 0 Å². The van der Waals surface area contributed by atoms with Crippen LogP contribution in [0.5, 0.6) is 0 Å². The van der Waals surface area contributed by atoms with Crippen LogP contribution in [0.15, 0.2) is 24.3 Å². The summed E-state index contributed by atoms with van der Waals surface area (Å²) in [5, 5.41) is 2.70. The largest absolute Gasteiger partial charge is 0.352 e. The molecule has 1 aliphatic heterocycles. The molecular weight excluding hydrogens is 190 g/mol. The zero-order chi connectivity index (χ0) is 10.8. The van der Waals surface area contributed by atoms with Crippen molar-refractivity contribution in [2.45, 2.75) is 25.8 Å². The average Bonchev–Trinajstić information content (AvgIpc) is 2.16. The second-order valence-electron chi connectivity index (χ2n) is 3.96. The molecular formula is C12H13NO2. The maximum atomic E-state index is 11.7. The van der Waals surface area contributed by atoms with Crippen LogP contribution in [0.1, 0.15) is 28.8 Å². The van der Waals surface area contributed by atoms with E-state index in [0.29, 0.717) is 12.8 Å². The Kier molecular flexibility index (Phi) is 2.54. The molecule has 0 radical (unpaired) electrons. The van der Waals surface area contributed by atoms with Crippen LogP contribution in [0.3, 0.4) is 0 Å². The van der Waals surface area contributed by atoms with Crippen LogP contribution in [0, 0.1) is 6.92 Å². The van der Waals surface area contributed by atoms with Gasteiger partial charge >= 0.3 is 0 Å². The number of rotatable bonds is 3. The molecule has 3 nitrogen and oxygen atoms in total. The first-order valence-corrected chi connectivity index (χ1v) is 5.04. The maximum absolute atomic E-state index is 11.7. The number of hydrogen-bond acceptors (Lipinski definition) is 2. The third kappa shape index (κ3) is 2.24. The van der Waals surface area contributed by atoms with Crippen molar-refractivity contribution in [3.63, 3.8) is 0 Å². The lowest BCUT2D eigenvalue weighted by Crippen LogP contribution is -2.49. The predicted octanol–water partition coefficient (Wildman–Crippen LogP) is 1.46. The van der Waals surface area contributed by atoms with Crippen molar-refractivity contribution in [1.29, 1.82) is 0 Å². The zero-order valence-electron chi connectivity index (χ0n) is 8.62. The summed E-state index contributed by atoms with van der Waals surface area (Å²) in [5.41, 5.74) is 1.87. The minimum atomic E-state index is 0.0386. The van der Waals surface area contributed by atoms with Gasteiger partial charge in [-0.3, -0.25) is 9.59 Å². The van der Waals surface area contributed by atoms with Gasteiger partial charge in [-0.2, -0.15) is 0 Å². The van der Waals surface area contributed by atoms with Gasteiger partial charge in [-0.1, -0.05) is 29.8 Å². The fraction of sp³-hybridized carbons (Fsp3) is 0.333. The molecule has 2 rings (SSSR count). The summed E-state index contributed by atoms with van der Waals surface area (Å²) in [6, 6.07) is 7.56. The summed E-state index contributed by atoms with van der Waals surface area (Å²) in [5.74, 6) is 0.136. The molecule has 1 fully saturated rings. The van der Waals surface area contributed by atoms with Crippen LogP contribution in [0.25, 0.3) is 0 Å². The van der Waals surface area contributed by atoms with E-state index in [0.717, 1.165) is 11.1 Å². The molecule has 0 spiro atoms. The molecule has 1 heterocycles. The van der Waals surface area contributed by atoms with Crippen molar-refractivity contribution in [2.75, 3.05) is 0 Å². The number of hydrogen-bond donors (Lipinski definition) is 1. The first-order chi connectivity index (χ1) is 7.15. The molecule has 1 unspecified atom stereocenters. The van der Waals surface area contributed by atoms with Gasteiger partial charge in [0.25, 0.3) is 0 Å². The average molecular weight is 203 g/mol. The van der Waals surface area contributed by atoms with E-state index in [1.165, 1.54) is 0 Å². The van der Waals surface area contributed by atoms with Crippen molar-refractivity contribution >= 4 is 11.7 Å². The van der Waals surface area contributed by atoms with E-state index in [4.69, 9.17) is 0 Å². The lowest BCUT2D eigenvalue weighted by atomic mass is 9.96. The van der Waals surface area contributed by atoms with Crippen molar-refractivity contribution in [3.05, 3.63) is 35.4 Å². The molecule has 1 amide bonds. The molecule has 1 aromatic carbocycles. The van der Waals surface area contributed by atoms with Gasteiger partial charge in [0, 0.05) is 24.4 Å². The summed E-state index contributed by atoms with van der Waals surface area (Å²) >= 11 is 0. The molecule has 15 heavy (non-hydrogen) atoms. The fourth-order valence-corrected chi connectivity index (χ4v) is 1.63. The van der Waals surface area contributed by atoms with Gasteiger partial charge in [-0.25, -0.2) is 0 Å². The molecule has 0 aliphatic carbocycles. The molecule has 1 N–H and O–H groups in total. The summed E-state index contributed by atoms with van der Waals surface area (Å²) in [6.07, 6.45) is 0.895. The Morgan fingerprint density at radius 1 is 1.40 bits per heavy atom. The Labute approximate surface area is 88.5 Å². The Bertz CT molecular complexity index is 387. The number of Topliss-reactive ketones (excluding diaryl/α,β-unsaturated/α-hetero) is 1. The van der Waals surface area contributed by atoms with E-state index in [-0.39, 0.29) is 17.7 Å².